The number of para-hydroxylation sites is 1. The number of sulfonamides is 1. The summed E-state index contributed by atoms with van der Waals surface area (Å²) in [4.78, 5) is 15.4. The molecule has 0 bridgehead atoms. The Morgan fingerprint density at radius 1 is 1.20 bits per heavy atom. The second kappa shape index (κ2) is 7.85. The molecule has 2 N–H and O–H groups in total. The number of nitrogens with zero attached hydrogens (tertiary/aromatic N) is 1. The minimum atomic E-state index is -3.79. The summed E-state index contributed by atoms with van der Waals surface area (Å²) in [6, 6.07) is 14.0. The summed E-state index contributed by atoms with van der Waals surface area (Å²) in [5, 5.41) is 7.12. The van der Waals surface area contributed by atoms with Crippen LogP contribution in [0.4, 0.5) is 5.69 Å². The molecule has 2 aromatic rings. The number of benzene rings is 2. The molecule has 2 atom stereocenters. The van der Waals surface area contributed by atoms with E-state index in [4.69, 9.17) is 4.74 Å². The van der Waals surface area contributed by atoms with E-state index < -0.39 is 15.6 Å². The zero-order valence-corrected chi connectivity index (χ0v) is 17.8. The molecular formula is C22H25N3O4S. The molecule has 2 aromatic carbocycles. The molecule has 0 saturated carbocycles. The van der Waals surface area contributed by atoms with E-state index in [-0.39, 0.29) is 23.3 Å². The van der Waals surface area contributed by atoms with E-state index in [0.717, 1.165) is 29.7 Å². The van der Waals surface area contributed by atoms with Gasteiger partial charge in [0.1, 0.15) is 0 Å². The number of hydrazone groups is 1. The van der Waals surface area contributed by atoms with Crippen LogP contribution in [0.3, 0.4) is 0 Å². The fraction of sp³-hybridized carbons (Fsp3) is 0.364. The third kappa shape index (κ3) is 3.73. The number of hydrogen-bond acceptors (Lipinski definition) is 5. The highest BCUT2D eigenvalue weighted by Gasteiger charge is 2.52. The molecule has 30 heavy (non-hydrogen) atoms. The van der Waals surface area contributed by atoms with Gasteiger partial charge in [0.2, 0.25) is 0 Å². The normalized spacial score (nSPS) is 24.7. The first kappa shape index (κ1) is 20.6. The van der Waals surface area contributed by atoms with Gasteiger partial charge < -0.3 is 10.1 Å². The van der Waals surface area contributed by atoms with Gasteiger partial charge in [0.25, 0.3) is 15.9 Å². The first-order valence-electron chi connectivity index (χ1n) is 10.1. The molecule has 2 aliphatic rings. The van der Waals surface area contributed by atoms with Crippen LogP contribution in [0.5, 0.6) is 0 Å². The van der Waals surface area contributed by atoms with Crippen LogP contribution in [0, 0.1) is 6.92 Å². The predicted molar refractivity (Wildman–Crippen MR) is 115 cm³/mol. The van der Waals surface area contributed by atoms with Crippen LogP contribution in [0.2, 0.25) is 0 Å². The Labute approximate surface area is 176 Å². The molecule has 0 aliphatic carbocycles. The molecule has 0 radical (unpaired) electrons. The summed E-state index contributed by atoms with van der Waals surface area (Å²) in [7, 11) is -3.79. The molecule has 1 amide bonds. The van der Waals surface area contributed by atoms with Crippen molar-refractivity contribution in [3.8, 4) is 0 Å². The van der Waals surface area contributed by atoms with E-state index in [0.29, 0.717) is 12.1 Å². The lowest BCUT2D eigenvalue weighted by Gasteiger charge is -2.37. The van der Waals surface area contributed by atoms with Gasteiger partial charge in [-0.3, -0.25) is 4.79 Å². The molecule has 158 valence electrons. The van der Waals surface area contributed by atoms with Crippen molar-refractivity contribution in [2.45, 2.75) is 56.1 Å². The van der Waals surface area contributed by atoms with Crippen molar-refractivity contribution in [3.63, 3.8) is 0 Å². The molecule has 4 rings (SSSR count). The quantitative estimate of drug-likeness (QED) is 0.714. The molecule has 2 aliphatic heterocycles. The summed E-state index contributed by atoms with van der Waals surface area (Å²) in [5.41, 5.74) is 1.88. The SMILES string of the molecule is CCC[C@@H]1CC(=NNS(=O)(=O)c2ccc(C)cc2)C[C@]2(O1)C(=O)Nc1ccccc12. The lowest BCUT2D eigenvalue weighted by atomic mass is 9.84. The van der Waals surface area contributed by atoms with Gasteiger partial charge in [-0.05, 0) is 31.5 Å². The van der Waals surface area contributed by atoms with Gasteiger partial charge in [-0.2, -0.15) is 13.5 Å². The Bertz CT molecular complexity index is 1100. The highest BCUT2D eigenvalue weighted by atomic mass is 32.2. The minimum absolute atomic E-state index is 0.147. The third-order valence-corrected chi connectivity index (χ3v) is 6.75. The van der Waals surface area contributed by atoms with Gasteiger partial charge in [-0.1, -0.05) is 49.2 Å². The van der Waals surface area contributed by atoms with Crippen LogP contribution in [-0.2, 0) is 25.2 Å². The number of fused-ring (bicyclic) bond motifs is 2. The number of ether oxygens (including phenoxy) is 1. The molecule has 1 fully saturated rings. The Morgan fingerprint density at radius 2 is 1.93 bits per heavy atom. The van der Waals surface area contributed by atoms with Crippen LogP contribution in [-0.4, -0.2) is 26.1 Å². The standard InChI is InChI=1S/C22H25N3O4S/c1-3-6-17-13-16(24-25-30(27,28)18-11-9-15(2)10-12-18)14-22(29-17)19-7-4-5-8-20(19)23-21(22)26/h4-5,7-12,17,25H,3,6,13-14H2,1-2H3,(H,23,26)/t17-,22-/m1/s1. The maximum Gasteiger partial charge on any atom is 0.276 e. The van der Waals surface area contributed by atoms with Gasteiger partial charge >= 0.3 is 0 Å². The van der Waals surface area contributed by atoms with E-state index in [1.807, 2.05) is 38.1 Å². The second-order valence-corrected chi connectivity index (χ2v) is 9.48. The molecule has 8 heteroatoms. The summed E-state index contributed by atoms with van der Waals surface area (Å²) < 4.78 is 31.6. The van der Waals surface area contributed by atoms with E-state index in [1.165, 1.54) is 0 Å². The lowest BCUT2D eigenvalue weighted by molar-refractivity contribution is -0.153. The first-order valence-corrected chi connectivity index (χ1v) is 11.5. The van der Waals surface area contributed by atoms with Gasteiger partial charge in [0, 0.05) is 29.8 Å². The van der Waals surface area contributed by atoms with Crippen molar-refractivity contribution in [1.82, 2.24) is 4.83 Å². The highest BCUT2D eigenvalue weighted by Crippen LogP contribution is 2.45. The molecular weight excluding hydrogens is 402 g/mol. The average Bonchev–Trinajstić information content (AvgIpc) is 2.98. The number of nitrogens with one attached hydrogen (secondary N) is 2. The van der Waals surface area contributed by atoms with Crippen molar-refractivity contribution >= 4 is 27.3 Å². The zero-order valence-electron chi connectivity index (χ0n) is 17.0. The number of hydrogen-bond donors (Lipinski definition) is 2. The first-order chi connectivity index (χ1) is 14.3. The largest absolute Gasteiger partial charge is 0.356 e. The topological polar surface area (TPSA) is 96.9 Å². The highest BCUT2D eigenvalue weighted by molar-refractivity contribution is 7.89. The van der Waals surface area contributed by atoms with Crippen molar-refractivity contribution in [3.05, 3.63) is 59.7 Å². The van der Waals surface area contributed by atoms with E-state index in [1.54, 1.807) is 24.3 Å². The predicted octanol–water partition coefficient (Wildman–Crippen LogP) is 3.46. The van der Waals surface area contributed by atoms with Gasteiger partial charge in [-0.15, -0.1) is 0 Å². The number of amides is 1. The third-order valence-electron chi connectivity index (χ3n) is 5.53. The van der Waals surface area contributed by atoms with Crippen LogP contribution in [0.25, 0.3) is 0 Å². The number of rotatable bonds is 5. The molecule has 1 spiro atoms. The van der Waals surface area contributed by atoms with Crippen molar-refractivity contribution in [1.29, 1.82) is 0 Å². The molecule has 1 saturated heterocycles. The van der Waals surface area contributed by atoms with Gasteiger partial charge in [0.15, 0.2) is 5.60 Å². The Kier molecular flexibility index (Phi) is 5.38. The number of aryl methyl sites for hydroxylation is 1. The summed E-state index contributed by atoms with van der Waals surface area (Å²) in [5.74, 6) is -0.237. The summed E-state index contributed by atoms with van der Waals surface area (Å²) in [6.07, 6.45) is 2.09. The molecule has 0 aromatic heterocycles. The summed E-state index contributed by atoms with van der Waals surface area (Å²) >= 11 is 0. The fourth-order valence-electron chi connectivity index (χ4n) is 4.04. The maximum absolute atomic E-state index is 12.9. The monoisotopic (exact) mass is 427 g/mol. The number of carbonyl (C=O) groups excluding carboxylic acids is 1. The van der Waals surface area contributed by atoms with Crippen LogP contribution in [0.1, 0.15) is 43.7 Å². The van der Waals surface area contributed by atoms with Gasteiger partial charge in [0.05, 0.1) is 11.0 Å². The van der Waals surface area contributed by atoms with Crippen molar-refractivity contribution in [2.75, 3.05) is 5.32 Å². The van der Waals surface area contributed by atoms with Crippen molar-refractivity contribution in [2.24, 2.45) is 5.10 Å². The Balaban J connectivity index is 1.65. The van der Waals surface area contributed by atoms with E-state index in [2.05, 4.69) is 15.2 Å². The smallest absolute Gasteiger partial charge is 0.276 e. The van der Waals surface area contributed by atoms with Crippen molar-refractivity contribution < 1.29 is 17.9 Å². The fourth-order valence-corrected chi connectivity index (χ4v) is 4.88. The number of carbonyl (C=O) groups is 1. The molecule has 7 nitrogen and oxygen atoms in total. The van der Waals surface area contributed by atoms with Crippen LogP contribution < -0.4 is 10.1 Å². The molecule has 2 heterocycles. The zero-order chi connectivity index (χ0) is 21.4. The second-order valence-electron chi connectivity index (χ2n) is 7.82. The van der Waals surface area contributed by atoms with E-state index >= 15 is 0 Å². The maximum atomic E-state index is 12.9. The van der Waals surface area contributed by atoms with Crippen LogP contribution in [0.15, 0.2) is 58.5 Å². The Morgan fingerprint density at radius 3 is 2.67 bits per heavy atom. The lowest BCUT2D eigenvalue weighted by Crippen LogP contribution is -2.47. The summed E-state index contributed by atoms with van der Waals surface area (Å²) in [6.45, 7) is 3.94. The number of anilines is 1. The molecule has 0 unspecified atom stereocenters. The Hall–Kier alpha value is -2.71. The van der Waals surface area contributed by atoms with Gasteiger partial charge in [-0.25, -0.2) is 4.83 Å². The average molecular weight is 428 g/mol. The van der Waals surface area contributed by atoms with E-state index in [9.17, 15) is 13.2 Å². The van der Waals surface area contributed by atoms with Crippen LogP contribution >= 0.6 is 0 Å². The minimum Gasteiger partial charge on any atom is -0.356 e.